The quantitative estimate of drug-likeness (QED) is 0.675. The van der Waals surface area contributed by atoms with Gasteiger partial charge in [0.05, 0.1) is 4.90 Å². The Bertz CT molecular complexity index is 726. The fourth-order valence-electron chi connectivity index (χ4n) is 1.79. The third kappa shape index (κ3) is 4.70. The van der Waals surface area contributed by atoms with Crippen LogP contribution < -0.4 is 9.88 Å². The van der Waals surface area contributed by atoms with E-state index in [-0.39, 0.29) is 17.1 Å². The molecule has 0 unspecified atom stereocenters. The van der Waals surface area contributed by atoms with E-state index in [2.05, 4.69) is 0 Å². The molecule has 2 aromatic carbocycles. The molecule has 0 fully saturated rings. The maximum absolute atomic E-state index is 11.7. The van der Waals surface area contributed by atoms with Crippen molar-refractivity contribution in [2.24, 2.45) is 5.14 Å². The number of primary sulfonamides is 1. The maximum atomic E-state index is 11.7. The van der Waals surface area contributed by atoms with Gasteiger partial charge >= 0.3 is 5.97 Å². The number of aryl methyl sites for hydroxylation is 1. The van der Waals surface area contributed by atoms with Crippen LogP contribution in [-0.2, 0) is 21.2 Å². The minimum absolute atomic E-state index is 0.0872. The number of ether oxygens (including phenoxy) is 1. The van der Waals surface area contributed by atoms with Crippen LogP contribution in [0.4, 0.5) is 0 Å². The largest absolute Gasteiger partial charge is 0.426 e. The van der Waals surface area contributed by atoms with E-state index in [0.717, 1.165) is 5.56 Å². The first kappa shape index (κ1) is 15.2. The van der Waals surface area contributed by atoms with Crippen LogP contribution in [0.15, 0.2) is 59.5 Å². The summed E-state index contributed by atoms with van der Waals surface area (Å²) in [7, 11) is -3.81. The number of benzene rings is 2. The Labute approximate surface area is 123 Å². The molecule has 0 radical (unpaired) electrons. The summed E-state index contributed by atoms with van der Waals surface area (Å²) < 4.78 is 27.6. The predicted molar refractivity (Wildman–Crippen MR) is 78.2 cm³/mol. The van der Waals surface area contributed by atoms with Gasteiger partial charge in [0.25, 0.3) is 0 Å². The summed E-state index contributed by atoms with van der Waals surface area (Å²) in [5.74, 6) is -0.259. The third-order valence-corrected chi connectivity index (χ3v) is 3.74. The molecule has 2 rings (SSSR count). The predicted octanol–water partition coefficient (Wildman–Crippen LogP) is 1.87. The van der Waals surface area contributed by atoms with Gasteiger partial charge in [-0.15, -0.1) is 0 Å². The fourth-order valence-corrected chi connectivity index (χ4v) is 2.34. The number of esters is 1. The van der Waals surface area contributed by atoms with Crippen molar-refractivity contribution in [2.75, 3.05) is 0 Å². The summed E-state index contributed by atoms with van der Waals surface area (Å²) in [5, 5.41) is 5.02. The van der Waals surface area contributed by atoms with Crippen LogP contribution in [0.25, 0.3) is 0 Å². The van der Waals surface area contributed by atoms with Gasteiger partial charge in [-0.25, -0.2) is 13.6 Å². The van der Waals surface area contributed by atoms with Gasteiger partial charge in [-0.3, -0.25) is 4.79 Å². The van der Waals surface area contributed by atoms with Gasteiger partial charge in [0.15, 0.2) is 0 Å². The Balaban J connectivity index is 1.97. The van der Waals surface area contributed by atoms with Gasteiger partial charge in [0.2, 0.25) is 10.0 Å². The van der Waals surface area contributed by atoms with E-state index in [4.69, 9.17) is 9.88 Å². The van der Waals surface area contributed by atoms with Gasteiger partial charge in [0.1, 0.15) is 5.75 Å². The Morgan fingerprint density at radius 3 is 2.43 bits per heavy atom. The van der Waals surface area contributed by atoms with Crippen LogP contribution in [0.1, 0.15) is 12.0 Å². The lowest BCUT2D eigenvalue weighted by Crippen LogP contribution is -2.13. The second-order valence-corrected chi connectivity index (χ2v) is 6.04. The summed E-state index contributed by atoms with van der Waals surface area (Å²) in [6.07, 6.45) is 0.776. The topological polar surface area (TPSA) is 86.5 Å². The van der Waals surface area contributed by atoms with E-state index < -0.39 is 16.0 Å². The molecule has 0 aromatic heterocycles. The van der Waals surface area contributed by atoms with Crippen molar-refractivity contribution in [2.45, 2.75) is 17.7 Å². The summed E-state index contributed by atoms with van der Waals surface area (Å²) in [4.78, 5) is 11.7. The Morgan fingerprint density at radius 2 is 1.76 bits per heavy atom. The molecule has 110 valence electrons. The molecule has 0 atom stereocenters. The van der Waals surface area contributed by atoms with Crippen LogP contribution >= 0.6 is 0 Å². The van der Waals surface area contributed by atoms with Crippen molar-refractivity contribution >= 4 is 16.0 Å². The first-order valence-electron chi connectivity index (χ1n) is 6.32. The van der Waals surface area contributed by atoms with Gasteiger partial charge in [-0.05, 0) is 24.1 Å². The van der Waals surface area contributed by atoms with Gasteiger partial charge in [0, 0.05) is 12.5 Å². The van der Waals surface area contributed by atoms with Crippen molar-refractivity contribution in [3.05, 3.63) is 60.2 Å². The highest BCUT2D eigenvalue weighted by molar-refractivity contribution is 7.89. The Morgan fingerprint density at radius 1 is 1.05 bits per heavy atom. The first-order valence-corrected chi connectivity index (χ1v) is 7.87. The van der Waals surface area contributed by atoms with Crippen LogP contribution in [0.3, 0.4) is 0 Å². The van der Waals surface area contributed by atoms with E-state index in [0.29, 0.717) is 6.42 Å². The molecule has 0 aliphatic rings. The molecule has 0 aliphatic carbocycles. The van der Waals surface area contributed by atoms with Crippen molar-refractivity contribution in [3.8, 4) is 5.75 Å². The molecule has 5 nitrogen and oxygen atoms in total. The van der Waals surface area contributed by atoms with Crippen LogP contribution in [-0.4, -0.2) is 14.4 Å². The highest BCUT2D eigenvalue weighted by atomic mass is 32.2. The third-order valence-electron chi connectivity index (χ3n) is 2.83. The highest BCUT2D eigenvalue weighted by Gasteiger charge is 2.11. The molecule has 0 spiro atoms. The molecule has 6 heteroatoms. The van der Waals surface area contributed by atoms with Crippen LogP contribution in [0.5, 0.6) is 5.75 Å². The van der Waals surface area contributed by atoms with Crippen molar-refractivity contribution < 1.29 is 17.9 Å². The zero-order valence-electron chi connectivity index (χ0n) is 11.2. The number of carbonyl (C=O) groups is 1. The maximum Gasteiger partial charge on any atom is 0.311 e. The number of carbonyl (C=O) groups excluding carboxylic acids is 1. The Kier molecular flexibility index (Phi) is 4.72. The van der Waals surface area contributed by atoms with Crippen molar-refractivity contribution in [1.82, 2.24) is 0 Å². The molecule has 0 amide bonds. The van der Waals surface area contributed by atoms with E-state index in [1.807, 2.05) is 30.3 Å². The van der Waals surface area contributed by atoms with Crippen LogP contribution in [0, 0.1) is 0 Å². The number of sulfonamides is 1. The molecule has 2 N–H and O–H groups in total. The van der Waals surface area contributed by atoms with E-state index in [9.17, 15) is 13.2 Å². The standard InChI is InChI=1S/C15H15NO4S/c16-21(18,19)14-8-4-7-13(11-14)20-15(17)10-9-12-5-2-1-3-6-12/h1-8,11H,9-10H2,(H2,16,18,19). The minimum atomic E-state index is -3.81. The second-order valence-electron chi connectivity index (χ2n) is 4.48. The average molecular weight is 305 g/mol. The minimum Gasteiger partial charge on any atom is -0.426 e. The normalized spacial score (nSPS) is 11.1. The molecule has 0 bridgehead atoms. The molecule has 21 heavy (non-hydrogen) atoms. The number of rotatable bonds is 5. The molecule has 0 saturated carbocycles. The molecule has 0 heterocycles. The molecule has 2 aromatic rings. The average Bonchev–Trinajstić information content (AvgIpc) is 2.46. The molecular formula is C15H15NO4S. The summed E-state index contributed by atoms with van der Waals surface area (Å²) in [6.45, 7) is 0. The molecule has 0 saturated heterocycles. The fraction of sp³-hybridized carbons (Fsp3) is 0.133. The lowest BCUT2D eigenvalue weighted by molar-refractivity contribution is -0.134. The summed E-state index contributed by atoms with van der Waals surface area (Å²) >= 11 is 0. The SMILES string of the molecule is NS(=O)(=O)c1cccc(OC(=O)CCc2ccccc2)c1. The van der Waals surface area contributed by atoms with Crippen molar-refractivity contribution in [1.29, 1.82) is 0 Å². The molecule has 0 aliphatic heterocycles. The Hall–Kier alpha value is -2.18. The van der Waals surface area contributed by atoms with Crippen LogP contribution in [0.2, 0.25) is 0 Å². The molecular weight excluding hydrogens is 290 g/mol. The zero-order chi connectivity index (χ0) is 15.3. The van der Waals surface area contributed by atoms with Gasteiger partial charge in [-0.2, -0.15) is 0 Å². The number of hydrogen-bond acceptors (Lipinski definition) is 4. The van der Waals surface area contributed by atoms with E-state index >= 15 is 0 Å². The van der Waals surface area contributed by atoms with E-state index in [1.165, 1.54) is 24.3 Å². The lowest BCUT2D eigenvalue weighted by Gasteiger charge is -2.06. The lowest BCUT2D eigenvalue weighted by atomic mass is 10.1. The zero-order valence-corrected chi connectivity index (χ0v) is 12.0. The number of nitrogens with two attached hydrogens (primary N) is 1. The number of hydrogen-bond donors (Lipinski definition) is 1. The monoisotopic (exact) mass is 305 g/mol. The summed E-state index contributed by atoms with van der Waals surface area (Å²) in [6, 6.07) is 15.1. The second kappa shape index (κ2) is 6.51. The first-order chi connectivity index (χ1) is 9.95. The van der Waals surface area contributed by atoms with Gasteiger partial charge in [-0.1, -0.05) is 36.4 Å². The van der Waals surface area contributed by atoms with E-state index in [1.54, 1.807) is 0 Å². The van der Waals surface area contributed by atoms with Gasteiger partial charge < -0.3 is 4.74 Å². The highest BCUT2D eigenvalue weighted by Crippen LogP contribution is 2.17. The smallest absolute Gasteiger partial charge is 0.311 e. The summed E-state index contributed by atoms with van der Waals surface area (Å²) in [5.41, 5.74) is 1.03. The van der Waals surface area contributed by atoms with Crippen molar-refractivity contribution in [3.63, 3.8) is 0 Å².